The Labute approximate surface area is 115 Å². The van der Waals surface area contributed by atoms with Crippen molar-refractivity contribution in [1.29, 1.82) is 0 Å². The van der Waals surface area contributed by atoms with Crippen LogP contribution >= 0.6 is 11.8 Å². The lowest BCUT2D eigenvalue weighted by Gasteiger charge is -2.13. The van der Waals surface area contributed by atoms with Crippen molar-refractivity contribution in [2.45, 2.75) is 19.5 Å². The van der Waals surface area contributed by atoms with Gasteiger partial charge in [-0.25, -0.2) is 4.79 Å². The third-order valence-corrected chi connectivity index (χ3v) is 3.43. The number of nitrogens with one attached hydrogen (secondary N) is 1. The summed E-state index contributed by atoms with van der Waals surface area (Å²) < 4.78 is 0. The van der Waals surface area contributed by atoms with Crippen molar-refractivity contribution in [3.8, 4) is 0 Å². The van der Waals surface area contributed by atoms with Gasteiger partial charge in [0.25, 0.3) is 5.69 Å². The van der Waals surface area contributed by atoms with Crippen LogP contribution in [-0.2, 0) is 6.54 Å². The highest BCUT2D eigenvalue weighted by Crippen LogP contribution is 2.22. The highest BCUT2D eigenvalue weighted by Gasteiger charge is 2.23. The van der Waals surface area contributed by atoms with Crippen molar-refractivity contribution in [2.24, 2.45) is 0 Å². The molecule has 0 radical (unpaired) electrons. The molecule has 104 valence electrons. The number of carboxylic acids is 1. The summed E-state index contributed by atoms with van der Waals surface area (Å²) in [6.07, 6.45) is 1.98. The lowest BCUT2D eigenvalue weighted by atomic mass is 10.1. The zero-order chi connectivity index (χ0) is 14.4. The van der Waals surface area contributed by atoms with E-state index in [1.165, 1.54) is 12.1 Å². The number of carboxylic acid groups (broad SMARTS) is 1. The third-order valence-electron chi connectivity index (χ3n) is 2.60. The topological polar surface area (TPSA) is 92.5 Å². The van der Waals surface area contributed by atoms with E-state index in [4.69, 9.17) is 5.11 Å². The van der Waals surface area contributed by atoms with Crippen LogP contribution in [0.15, 0.2) is 18.2 Å². The quantitative estimate of drug-likeness (QED) is 0.588. The summed E-state index contributed by atoms with van der Waals surface area (Å²) in [6.45, 7) is 2.28. The van der Waals surface area contributed by atoms with Crippen LogP contribution in [0, 0.1) is 10.1 Å². The van der Waals surface area contributed by atoms with Crippen molar-refractivity contribution >= 4 is 23.4 Å². The van der Waals surface area contributed by atoms with Crippen LogP contribution in [0.3, 0.4) is 0 Å². The van der Waals surface area contributed by atoms with E-state index in [9.17, 15) is 14.9 Å². The number of carbonyl (C=O) groups is 1. The lowest BCUT2D eigenvalue weighted by Crippen LogP contribution is -2.28. The molecule has 0 fully saturated rings. The molecular formula is C12H16N2O4S. The average Bonchev–Trinajstić information content (AvgIpc) is 2.35. The Kier molecular flexibility index (Phi) is 5.78. The largest absolute Gasteiger partial charge is 0.477 e. The van der Waals surface area contributed by atoms with Gasteiger partial charge < -0.3 is 10.4 Å². The molecule has 0 heterocycles. The Morgan fingerprint density at radius 1 is 1.58 bits per heavy atom. The van der Waals surface area contributed by atoms with Crippen LogP contribution in [0.2, 0.25) is 0 Å². The average molecular weight is 284 g/mol. The van der Waals surface area contributed by atoms with Crippen LogP contribution in [0.1, 0.15) is 22.8 Å². The fourth-order valence-electron chi connectivity index (χ4n) is 1.73. The molecule has 0 saturated carbocycles. The molecule has 1 aromatic carbocycles. The highest BCUT2D eigenvalue weighted by molar-refractivity contribution is 7.98. The number of hydrogen-bond acceptors (Lipinski definition) is 5. The highest BCUT2D eigenvalue weighted by atomic mass is 32.2. The Bertz CT molecular complexity index is 479. The smallest absolute Gasteiger partial charge is 0.343 e. The second kappa shape index (κ2) is 7.10. The van der Waals surface area contributed by atoms with E-state index in [1.807, 2.05) is 13.2 Å². The lowest BCUT2D eigenvalue weighted by molar-refractivity contribution is -0.385. The van der Waals surface area contributed by atoms with E-state index in [0.717, 1.165) is 5.75 Å². The molecule has 1 atom stereocenters. The minimum atomic E-state index is -1.28. The molecule has 0 saturated heterocycles. The minimum absolute atomic E-state index is 0.205. The molecule has 6 nitrogen and oxygen atoms in total. The Balaban J connectivity index is 2.97. The van der Waals surface area contributed by atoms with E-state index in [0.29, 0.717) is 12.1 Å². The summed E-state index contributed by atoms with van der Waals surface area (Å²) in [7, 11) is 0. The first-order valence-electron chi connectivity index (χ1n) is 5.69. The number of thioether (sulfide) groups is 1. The summed E-state index contributed by atoms with van der Waals surface area (Å²) in [5.41, 5.74) is -0.185. The van der Waals surface area contributed by atoms with Crippen LogP contribution in [0.5, 0.6) is 0 Å². The van der Waals surface area contributed by atoms with Crippen molar-refractivity contribution in [2.75, 3.05) is 12.0 Å². The van der Waals surface area contributed by atoms with E-state index in [1.54, 1.807) is 17.8 Å². The first-order chi connectivity index (χ1) is 8.97. The zero-order valence-corrected chi connectivity index (χ0v) is 11.6. The number of nitro benzene ring substituents is 1. The van der Waals surface area contributed by atoms with E-state index in [-0.39, 0.29) is 17.3 Å². The molecule has 1 unspecified atom stereocenters. The molecule has 2 N–H and O–H groups in total. The normalized spacial score (nSPS) is 12.1. The SMILES string of the molecule is CSCC(C)NCc1cccc([N+](=O)[O-])c1C(=O)O. The van der Waals surface area contributed by atoms with Crippen LogP contribution in [0.25, 0.3) is 0 Å². The van der Waals surface area contributed by atoms with E-state index >= 15 is 0 Å². The summed E-state index contributed by atoms with van der Waals surface area (Å²) >= 11 is 1.68. The number of nitrogens with zero attached hydrogens (tertiary/aromatic N) is 1. The number of benzene rings is 1. The van der Waals surface area contributed by atoms with Gasteiger partial charge in [-0.1, -0.05) is 12.1 Å². The van der Waals surface area contributed by atoms with Gasteiger partial charge in [-0.3, -0.25) is 10.1 Å². The van der Waals surface area contributed by atoms with Gasteiger partial charge in [0.05, 0.1) is 4.92 Å². The second-order valence-electron chi connectivity index (χ2n) is 4.11. The Morgan fingerprint density at radius 2 is 2.26 bits per heavy atom. The predicted octanol–water partition coefficient (Wildman–Crippen LogP) is 2.13. The fourth-order valence-corrected chi connectivity index (χ4v) is 2.34. The van der Waals surface area contributed by atoms with E-state index in [2.05, 4.69) is 5.32 Å². The van der Waals surface area contributed by atoms with Gasteiger partial charge in [0.15, 0.2) is 0 Å². The number of aromatic carboxylic acids is 1. The Morgan fingerprint density at radius 3 is 2.79 bits per heavy atom. The van der Waals surface area contributed by atoms with Gasteiger partial charge >= 0.3 is 5.97 Å². The van der Waals surface area contributed by atoms with E-state index < -0.39 is 10.9 Å². The molecule has 0 amide bonds. The molecule has 7 heteroatoms. The molecule has 19 heavy (non-hydrogen) atoms. The molecule has 0 aliphatic carbocycles. The first-order valence-corrected chi connectivity index (χ1v) is 7.08. The van der Waals surface area contributed by atoms with Crippen molar-refractivity contribution < 1.29 is 14.8 Å². The third kappa shape index (κ3) is 4.22. The van der Waals surface area contributed by atoms with Crippen LogP contribution in [-0.4, -0.2) is 34.0 Å². The molecule has 0 aliphatic rings. The fraction of sp³-hybridized carbons (Fsp3) is 0.417. The van der Waals surface area contributed by atoms with Crippen molar-refractivity contribution in [3.63, 3.8) is 0 Å². The molecule has 0 spiro atoms. The molecule has 1 aromatic rings. The second-order valence-corrected chi connectivity index (χ2v) is 5.02. The predicted molar refractivity (Wildman–Crippen MR) is 74.7 cm³/mol. The summed E-state index contributed by atoms with van der Waals surface area (Å²) in [5, 5.41) is 23.1. The molecule has 1 rings (SSSR count). The summed E-state index contributed by atoms with van der Waals surface area (Å²) in [4.78, 5) is 21.4. The molecular weight excluding hydrogens is 268 g/mol. The number of hydrogen-bond donors (Lipinski definition) is 2. The van der Waals surface area contributed by atoms with Gasteiger partial charge in [-0.05, 0) is 18.7 Å². The molecule has 0 bridgehead atoms. The van der Waals surface area contributed by atoms with Crippen LogP contribution < -0.4 is 5.32 Å². The van der Waals surface area contributed by atoms with Crippen LogP contribution in [0.4, 0.5) is 5.69 Å². The Hall–Kier alpha value is -1.60. The molecule has 0 aliphatic heterocycles. The van der Waals surface area contributed by atoms with Gasteiger partial charge in [0, 0.05) is 24.4 Å². The maximum atomic E-state index is 11.2. The van der Waals surface area contributed by atoms with Gasteiger partial charge in [-0.15, -0.1) is 0 Å². The molecule has 0 aromatic heterocycles. The maximum Gasteiger partial charge on any atom is 0.343 e. The number of nitro groups is 1. The van der Waals surface area contributed by atoms with Gasteiger partial charge in [0.2, 0.25) is 0 Å². The number of rotatable bonds is 7. The first kappa shape index (κ1) is 15.5. The van der Waals surface area contributed by atoms with Crippen molar-refractivity contribution in [1.82, 2.24) is 5.32 Å². The monoisotopic (exact) mass is 284 g/mol. The standard InChI is InChI=1S/C12H16N2O4S/c1-8(7-19-2)13-6-9-4-3-5-10(14(17)18)11(9)12(15)16/h3-5,8,13H,6-7H2,1-2H3,(H,15,16). The maximum absolute atomic E-state index is 11.2. The van der Waals surface area contributed by atoms with Gasteiger partial charge in [-0.2, -0.15) is 11.8 Å². The minimum Gasteiger partial charge on any atom is -0.477 e. The van der Waals surface area contributed by atoms with Gasteiger partial charge in [0.1, 0.15) is 5.56 Å². The summed E-state index contributed by atoms with van der Waals surface area (Å²) in [6, 6.07) is 4.50. The van der Waals surface area contributed by atoms with Crippen molar-refractivity contribution in [3.05, 3.63) is 39.4 Å². The zero-order valence-electron chi connectivity index (χ0n) is 10.8. The summed E-state index contributed by atoms with van der Waals surface area (Å²) in [5.74, 6) is -0.390.